The van der Waals surface area contributed by atoms with Crippen LogP contribution in [0.1, 0.15) is 11.1 Å². The first-order valence-corrected chi connectivity index (χ1v) is 8.53. The Morgan fingerprint density at radius 2 is 0.958 bits per heavy atom. The Kier molecular flexibility index (Phi) is 4.01. The third kappa shape index (κ3) is 2.60. The minimum absolute atomic E-state index is 0.495. The van der Waals surface area contributed by atoms with E-state index in [1.807, 2.05) is 12.1 Å². The van der Waals surface area contributed by atoms with Crippen LogP contribution >= 0.6 is 46.4 Å². The lowest BCUT2D eigenvalue weighted by molar-refractivity contribution is 1.53. The Balaban J connectivity index is 1.66. The third-order valence-electron chi connectivity index (χ3n) is 3.83. The van der Waals surface area contributed by atoms with E-state index >= 15 is 0 Å². The number of halogens is 4. The van der Waals surface area contributed by atoms with Crippen molar-refractivity contribution in [1.29, 1.82) is 0 Å². The van der Waals surface area contributed by atoms with Crippen molar-refractivity contribution in [2.24, 2.45) is 9.98 Å². The highest BCUT2D eigenvalue weighted by Gasteiger charge is 2.28. The fraction of sp³-hybridized carbons (Fsp3) is 0. The summed E-state index contributed by atoms with van der Waals surface area (Å²) >= 11 is 24.2. The molecule has 118 valence electrons. The summed E-state index contributed by atoms with van der Waals surface area (Å²) < 4.78 is 0. The van der Waals surface area contributed by atoms with Gasteiger partial charge in [-0.2, -0.15) is 0 Å². The molecule has 2 nitrogen and oxygen atoms in total. The summed E-state index contributed by atoms with van der Waals surface area (Å²) in [5.41, 5.74) is 5.34. The molecule has 2 aromatic carbocycles. The number of fused-ring (bicyclic) bond motifs is 1. The molecule has 0 saturated carbocycles. The van der Waals surface area contributed by atoms with Crippen LogP contribution in [0, 0.1) is 0 Å². The van der Waals surface area contributed by atoms with Gasteiger partial charge >= 0.3 is 0 Å². The predicted octanol–water partition coefficient (Wildman–Crippen LogP) is 6.37. The zero-order valence-electron chi connectivity index (χ0n) is 12.0. The van der Waals surface area contributed by atoms with E-state index in [1.54, 1.807) is 36.7 Å². The molecule has 0 unspecified atom stereocenters. The molecule has 2 aromatic rings. The fourth-order valence-electron chi connectivity index (χ4n) is 2.66. The number of rotatable bonds is 2. The van der Waals surface area contributed by atoms with Gasteiger partial charge in [0.15, 0.2) is 0 Å². The quantitative estimate of drug-likeness (QED) is 0.565. The molecule has 0 spiro atoms. The van der Waals surface area contributed by atoms with Gasteiger partial charge in [-0.1, -0.05) is 58.5 Å². The van der Waals surface area contributed by atoms with Crippen molar-refractivity contribution in [3.63, 3.8) is 0 Å². The molecular formula is C18H8Cl4N2. The maximum Gasteiger partial charge on any atom is 0.0797 e. The van der Waals surface area contributed by atoms with Crippen LogP contribution in [0.4, 0.5) is 0 Å². The maximum absolute atomic E-state index is 6.11. The molecular weight excluding hydrogens is 386 g/mol. The predicted molar refractivity (Wildman–Crippen MR) is 102 cm³/mol. The molecule has 4 rings (SSSR count). The van der Waals surface area contributed by atoms with E-state index in [0.29, 0.717) is 20.1 Å². The van der Waals surface area contributed by atoms with Crippen LogP contribution < -0.4 is 0 Å². The van der Waals surface area contributed by atoms with Gasteiger partial charge in [0.2, 0.25) is 0 Å². The SMILES string of the molecule is Clc1ccc(C2=NC=C3C2=CN=C3c2ccc(Cl)c(Cl)c2)cc1Cl. The van der Waals surface area contributed by atoms with Crippen LogP contribution in [0.25, 0.3) is 0 Å². The normalized spacial score (nSPS) is 15.7. The molecule has 0 aliphatic carbocycles. The van der Waals surface area contributed by atoms with Crippen LogP contribution in [0.2, 0.25) is 20.1 Å². The summed E-state index contributed by atoms with van der Waals surface area (Å²) in [5, 5.41) is 2.02. The molecule has 0 amide bonds. The van der Waals surface area contributed by atoms with Gasteiger partial charge in [-0.15, -0.1) is 0 Å². The first-order chi connectivity index (χ1) is 11.5. The van der Waals surface area contributed by atoms with Crippen molar-refractivity contribution in [3.05, 3.63) is 91.2 Å². The molecule has 0 aromatic heterocycles. The molecule has 0 atom stereocenters. The Morgan fingerprint density at radius 3 is 1.33 bits per heavy atom. The van der Waals surface area contributed by atoms with Crippen LogP contribution in [-0.2, 0) is 0 Å². The van der Waals surface area contributed by atoms with Gasteiger partial charge in [0.1, 0.15) is 0 Å². The summed E-state index contributed by atoms with van der Waals surface area (Å²) in [6.45, 7) is 0. The maximum atomic E-state index is 6.11. The fourth-order valence-corrected chi connectivity index (χ4v) is 3.26. The van der Waals surface area contributed by atoms with Crippen molar-refractivity contribution < 1.29 is 0 Å². The minimum atomic E-state index is 0.495. The van der Waals surface area contributed by atoms with Gasteiger partial charge in [0.05, 0.1) is 31.5 Å². The van der Waals surface area contributed by atoms with Gasteiger partial charge in [0, 0.05) is 34.7 Å². The van der Waals surface area contributed by atoms with E-state index in [0.717, 1.165) is 33.7 Å². The van der Waals surface area contributed by atoms with Crippen molar-refractivity contribution in [2.45, 2.75) is 0 Å². The van der Waals surface area contributed by atoms with Crippen molar-refractivity contribution >= 4 is 57.8 Å². The largest absolute Gasteiger partial charge is 0.255 e. The standard InChI is InChI=1S/C18H8Cl4N2/c19-13-3-1-9(5-15(13)21)17-11-7-24-18(12(11)8-23-17)10-2-4-14(20)16(22)6-10/h1-8H. The Bertz CT molecular complexity index is 919. The highest BCUT2D eigenvalue weighted by molar-refractivity contribution is 6.43. The van der Waals surface area contributed by atoms with E-state index in [4.69, 9.17) is 46.4 Å². The molecule has 2 aliphatic rings. The van der Waals surface area contributed by atoms with Gasteiger partial charge in [-0.05, 0) is 24.3 Å². The minimum Gasteiger partial charge on any atom is -0.255 e. The van der Waals surface area contributed by atoms with E-state index in [2.05, 4.69) is 9.98 Å². The molecule has 2 aliphatic heterocycles. The Morgan fingerprint density at radius 1 is 0.542 bits per heavy atom. The topological polar surface area (TPSA) is 24.7 Å². The lowest BCUT2D eigenvalue weighted by Gasteiger charge is -2.07. The molecule has 6 heteroatoms. The van der Waals surface area contributed by atoms with E-state index in [9.17, 15) is 0 Å². The van der Waals surface area contributed by atoms with Gasteiger partial charge in [-0.25, -0.2) is 0 Å². The first-order valence-electron chi connectivity index (χ1n) is 7.02. The summed E-state index contributed by atoms with van der Waals surface area (Å²) in [4.78, 5) is 9.04. The highest BCUT2D eigenvalue weighted by Crippen LogP contribution is 2.34. The highest BCUT2D eigenvalue weighted by atomic mass is 35.5. The van der Waals surface area contributed by atoms with Crippen molar-refractivity contribution in [2.75, 3.05) is 0 Å². The second-order valence-corrected chi connectivity index (χ2v) is 6.93. The number of hydrogen-bond acceptors (Lipinski definition) is 2. The molecule has 0 N–H and O–H groups in total. The number of benzene rings is 2. The van der Waals surface area contributed by atoms with Crippen LogP contribution in [0.5, 0.6) is 0 Å². The van der Waals surface area contributed by atoms with Crippen LogP contribution in [0.3, 0.4) is 0 Å². The molecule has 2 heterocycles. The van der Waals surface area contributed by atoms with E-state index < -0.39 is 0 Å². The second kappa shape index (κ2) is 6.05. The van der Waals surface area contributed by atoms with E-state index in [-0.39, 0.29) is 0 Å². The van der Waals surface area contributed by atoms with E-state index in [1.165, 1.54) is 0 Å². The number of aliphatic imine (C=N–C) groups is 2. The zero-order valence-corrected chi connectivity index (χ0v) is 15.0. The lowest BCUT2D eigenvalue weighted by Crippen LogP contribution is -2.06. The molecule has 24 heavy (non-hydrogen) atoms. The Labute approximate surface area is 158 Å². The third-order valence-corrected chi connectivity index (χ3v) is 5.31. The van der Waals surface area contributed by atoms with Crippen LogP contribution in [-0.4, -0.2) is 11.4 Å². The average Bonchev–Trinajstić information content (AvgIpc) is 3.15. The number of nitrogens with zero attached hydrogens (tertiary/aromatic N) is 2. The van der Waals surface area contributed by atoms with Crippen LogP contribution in [0.15, 0.2) is 69.9 Å². The van der Waals surface area contributed by atoms with Gasteiger partial charge in [0.25, 0.3) is 0 Å². The molecule has 0 fully saturated rings. The van der Waals surface area contributed by atoms with Gasteiger partial charge < -0.3 is 0 Å². The Hall–Kier alpha value is -1.58. The smallest absolute Gasteiger partial charge is 0.0797 e. The number of allylic oxidation sites excluding steroid dienone is 2. The summed E-state index contributed by atoms with van der Waals surface area (Å²) in [5.74, 6) is 0. The summed E-state index contributed by atoms with van der Waals surface area (Å²) in [7, 11) is 0. The van der Waals surface area contributed by atoms with Crippen molar-refractivity contribution in [1.82, 2.24) is 0 Å². The average molecular weight is 394 g/mol. The van der Waals surface area contributed by atoms with Crippen molar-refractivity contribution in [3.8, 4) is 0 Å². The molecule has 0 bridgehead atoms. The molecule has 0 saturated heterocycles. The monoisotopic (exact) mass is 392 g/mol. The lowest BCUT2D eigenvalue weighted by atomic mass is 9.95. The molecule has 0 radical (unpaired) electrons. The summed E-state index contributed by atoms with van der Waals surface area (Å²) in [6.07, 6.45) is 3.61. The summed E-state index contributed by atoms with van der Waals surface area (Å²) in [6, 6.07) is 10.9. The first kappa shape index (κ1) is 15.9. The zero-order chi connectivity index (χ0) is 16.8. The van der Waals surface area contributed by atoms with Gasteiger partial charge in [-0.3, -0.25) is 9.98 Å². The number of hydrogen-bond donors (Lipinski definition) is 0. The second-order valence-electron chi connectivity index (χ2n) is 5.30.